The molecule has 3 heteroatoms. The summed E-state index contributed by atoms with van der Waals surface area (Å²) in [6, 6.07) is 30.0. The minimum absolute atomic E-state index is 0.321. The largest absolute Gasteiger partial charge is 0.464 e. The quantitative estimate of drug-likeness (QED) is 0.442. The molecule has 0 aromatic heterocycles. The number of esters is 1. The molecule has 0 aliphatic carbocycles. The monoisotopic (exact) mass is 360 g/mol. The van der Waals surface area contributed by atoms with Crippen molar-refractivity contribution < 1.29 is 14.3 Å². The molecule has 0 aliphatic heterocycles. The molecule has 0 radical (unpaired) electrons. The molecule has 3 aromatic carbocycles. The zero-order valence-electron chi connectivity index (χ0n) is 15.7. The SMILES string of the molecule is CCOC(=O)[C@@H](C)OC(c1ccccc1)(c1ccccc1)c1ccccc1. The van der Waals surface area contributed by atoms with E-state index in [1.165, 1.54) is 0 Å². The Balaban J connectivity index is 2.21. The predicted octanol–water partition coefficient (Wildman–Crippen LogP) is 4.95. The van der Waals surface area contributed by atoms with Gasteiger partial charge in [0.05, 0.1) is 6.61 Å². The van der Waals surface area contributed by atoms with Crippen molar-refractivity contribution in [3.8, 4) is 0 Å². The van der Waals surface area contributed by atoms with E-state index in [9.17, 15) is 4.79 Å². The number of carbonyl (C=O) groups is 1. The minimum atomic E-state index is -0.921. The second-order valence-electron chi connectivity index (χ2n) is 6.29. The standard InChI is InChI=1S/C24H24O3/c1-3-26-23(25)19(2)27-24(20-13-7-4-8-14-20,21-15-9-5-10-16-21)22-17-11-6-12-18-22/h4-19H,3H2,1-2H3/t19-/m1/s1. The van der Waals surface area contributed by atoms with Gasteiger partial charge in [-0.05, 0) is 30.5 Å². The van der Waals surface area contributed by atoms with Gasteiger partial charge in [0.15, 0.2) is 6.10 Å². The third-order valence-electron chi connectivity index (χ3n) is 4.51. The maximum atomic E-state index is 12.4. The summed E-state index contributed by atoms with van der Waals surface area (Å²) in [5.74, 6) is -0.371. The van der Waals surface area contributed by atoms with Gasteiger partial charge < -0.3 is 9.47 Å². The number of carbonyl (C=O) groups excluding carboxylic acids is 1. The van der Waals surface area contributed by atoms with Crippen LogP contribution in [0.5, 0.6) is 0 Å². The summed E-state index contributed by atoms with van der Waals surface area (Å²) < 4.78 is 11.7. The lowest BCUT2D eigenvalue weighted by Crippen LogP contribution is -2.39. The van der Waals surface area contributed by atoms with Crippen LogP contribution in [0.4, 0.5) is 0 Å². The molecule has 0 aliphatic rings. The summed E-state index contributed by atoms with van der Waals surface area (Å²) in [5.41, 5.74) is 1.95. The average molecular weight is 360 g/mol. The van der Waals surface area contributed by atoms with Gasteiger partial charge in [-0.1, -0.05) is 91.0 Å². The lowest BCUT2D eigenvalue weighted by molar-refractivity contribution is -0.162. The van der Waals surface area contributed by atoms with Crippen LogP contribution in [0.1, 0.15) is 30.5 Å². The maximum absolute atomic E-state index is 12.4. The molecular formula is C24H24O3. The van der Waals surface area contributed by atoms with Gasteiger partial charge in [0.25, 0.3) is 0 Å². The summed E-state index contributed by atoms with van der Waals surface area (Å²) in [4.78, 5) is 12.4. The van der Waals surface area contributed by atoms with Crippen LogP contribution in [0.25, 0.3) is 0 Å². The average Bonchev–Trinajstić information content (AvgIpc) is 2.74. The van der Waals surface area contributed by atoms with Crippen molar-refractivity contribution in [2.24, 2.45) is 0 Å². The molecule has 3 nitrogen and oxygen atoms in total. The van der Waals surface area contributed by atoms with Crippen molar-refractivity contribution in [2.75, 3.05) is 6.61 Å². The highest BCUT2D eigenvalue weighted by atomic mass is 16.6. The first-order chi connectivity index (χ1) is 13.2. The highest BCUT2D eigenvalue weighted by Crippen LogP contribution is 2.41. The molecule has 0 N–H and O–H groups in total. The van der Waals surface area contributed by atoms with Gasteiger partial charge in [-0.25, -0.2) is 4.79 Å². The first-order valence-electron chi connectivity index (χ1n) is 9.19. The smallest absolute Gasteiger partial charge is 0.335 e. The Morgan fingerprint density at radius 1 is 0.778 bits per heavy atom. The molecule has 3 aromatic rings. The Hall–Kier alpha value is -2.91. The summed E-state index contributed by atoms with van der Waals surface area (Å²) in [5, 5.41) is 0. The molecule has 0 spiro atoms. The maximum Gasteiger partial charge on any atom is 0.335 e. The summed E-state index contributed by atoms with van der Waals surface area (Å²) in [7, 11) is 0. The molecule has 0 unspecified atom stereocenters. The molecule has 27 heavy (non-hydrogen) atoms. The van der Waals surface area contributed by atoms with Gasteiger partial charge in [0, 0.05) is 0 Å². The van der Waals surface area contributed by atoms with Crippen LogP contribution in [-0.2, 0) is 19.9 Å². The highest BCUT2D eigenvalue weighted by molar-refractivity contribution is 5.74. The topological polar surface area (TPSA) is 35.5 Å². The Bertz CT molecular complexity index is 748. The van der Waals surface area contributed by atoms with E-state index in [2.05, 4.69) is 0 Å². The van der Waals surface area contributed by atoms with Crippen molar-refractivity contribution in [1.29, 1.82) is 0 Å². The van der Waals surface area contributed by atoms with E-state index in [0.29, 0.717) is 6.61 Å². The van der Waals surface area contributed by atoms with Crippen molar-refractivity contribution in [2.45, 2.75) is 25.6 Å². The second kappa shape index (κ2) is 8.65. The van der Waals surface area contributed by atoms with Crippen LogP contribution in [0, 0.1) is 0 Å². The van der Waals surface area contributed by atoms with Crippen molar-refractivity contribution >= 4 is 5.97 Å². The third-order valence-corrected chi connectivity index (χ3v) is 4.51. The van der Waals surface area contributed by atoms with E-state index in [-0.39, 0.29) is 5.97 Å². The van der Waals surface area contributed by atoms with Crippen LogP contribution in [0.3, 0.4) is 0 Å². The van der Waals surface area contributed by atoms with E-state index in [1.54, 1.807) is 13.8 Å². The molecule has 0 heterocycles. The van der Waals surface area contributed by atoms with Gasteiger partial charge >= 0.3 is 5.97 Å². The van der Waals surface area contributed by atoms with E-state index in [4.69, 9.17) is 9.47 Å². The Morgan fingerprint density at radius 3 is 1.48 bits per heavy atom. The first kappa shape index (κ1) is 18.9. The fourth-order valence-electron chi connectivity index (χ4n) is 3.30. The fraction of sp³-hybridized carbons (Fsp3) is 0.208. The Labute approximate surface area is 160 Å². The van der Waals surface area contributed by atoms with Gasteiger partial charge in [-0.15, -0.1) is 0 Å². The lowest BCUT2D eigenvalue weighted by atomic mass is 9.80. The zero-order valence-corrected chi connectivity index (χ0v) is 15.7. The van der Waals surface area contributed by atoms with E-state index in [0.717, 1.165) is 16.7 Å². The number of ether oxygens (including phenoxy) is 2. The van der Waals surface area contributed by atoms with Crippen LogP contribution >= 0.6 is 0 Å². The highest BCUT2D eigenvalue weighted by Gasteiger charge is 2.40. The van der Waals surface area contributed by atoms with Crippen molar-refractivity contribution in [3.63, 3.8) is 0 Å². The van der Waals surface area contributed by atoms with Crippen LogP contribution < -0.4 is 0 Å². The molecule has 0 bridgehead atoms. The second-order valence-corrected chi connectivity index (χ2v) is 6.29. The molecule has 0 saturated heterocycles. The van der Waals surface area contributed by atoms with Crippen molar-refractivity contribution in [3.05, 3.63) is 108 Å². The molecular weight excluding hydrogens is 336 g/mol. The fourth-order valence-corrected chi connectivity index (χ4v) is 3.30. The minimum Gasteiger partial charge on any atom is -0.464 e. The third kappa shape index (κ3) is 3.93. The van der Waals surface area contributed by atoms with Gasteiger partial charge in [0.1, 0.15) is 5.60 Å². The first-order valence-corrected chi connectivity index (χ1v) is 9.19. The van der Waals surface area contributed by atoms with Crippen LogP contribution in [0.15, 0.2) is 91.0 Å². The molecule has 0 amide bonds. The number of rotatable bonds is 7. The summed E-state index contributed by atoms with van der Waals surface area (Å²) in [6.07, 6.45) is -0.731. The number of benzene rings is 3. The van der Waals surface area contributed by atoms with E-state index < -0.39 is 11.7 Å². The van der Waals surface area contributed by atoms with Crippen LogP contribution in [-0.4, -0.2) is 18.7 Å². The van der Waals surface area contributed by atoms with Crippen molar-refractivity contribution in [1.82, 2.24) is 0 Å². The number of hydrogen-bond donors (Lipinski definition) is 0. The summed E-state index contributed by atoms with van der Waals surface area (Å²) >= 11 is 0. The molecule has 0 saturated carbocycles. The molecule has 138 valence electrons. The van der Waals surface area contributed by atoms with Gasteiger partial charge in [0.2, 0.25) is 0 Å². The zero-order chi connectivity index (χ0) is 19.1. The Kier molecular flexibility index (Phi) is 6.05. The Morgan fingerprint density at radius 2 is 1.15 bits per heavy atom. The predicted molar refractivity (Wildman–Crippen MR) is 106 cm³/mol. The van der Waals surface area contributed by atoms with Gasteiger partial charge in [-0.3, -0.25) is 0 Å². The molecule has 3 rings (SSSR count). The molecule has 0 fully saturated rings. The van der Waals surface area contributed by atoms with E-state index in [1.807, 2.05) is 91.0 Å². The summed E-state index contributed by atoms with van der Waals surface area (Å²) in [6.45, 7) is 3.85. The van der Waals surface area contributed by atoms with Gasteiger partial charge in [-0.2, -0.15) is 0 Å². The lowest BCUT2D eigenvalue weighted by Gasteiger charge is -2.37. The van der Waals surface area contributed by atoms with E-state index >= 15 is 0 Å². The normalized spacial score (nSPS) is 12.4. The number of hydrogen-bond acceptors (Lipinski definition) is 3. The van der Waals surface area contributed by atoms with Crippen LogP contribution in [0.2, 0.25) is 0 Å². The molecule has 1 atom stereocenters.